The molecular formula is C4H9N5O2S. The lowest BCUT2D eigenvalue weighted by molar-refractivity contribution is 0.593. The number of hydrogen-bond acceptors (Lipinski definition) is 4. The summed E-state index contributed by atoms with van der Waals surface area (Å²) in [7, 11) is -2.23. The fourth-order valence-electron chi connectivity index (χ4n) is 0.563. The number of rotatable bonds is 3. The van der Waals surface area contributed by atoms with E-state index in [0.29, 0.717) is 0 Å². The molecule has 0 amide bonds. The molecule has 0 aliphatic heterocycles. The van der Waals surface area contributed by atoms with Gasteiger partial charge in [-0.1, -0.05) is 0 Å². The van der Waals surface area contributed by atoms with Gasteiger partial charge in [0.1, 0.15) is 0 Å². The van der Waals surface area contributed by atoms with E-state index in [1.54, 1.807) is 0 Å². The number of nitrogens with zero attached hydrogens (tertiary/aromatic N) is 1. The topological polar surface area (TPSA) is 113 Å². The second kappa shape index (κ2) is 2.99. The van der Waals surface area contributed by atoms with Crippen molar-refractivity contribution in [2.45, 2.75) is 0 Å². The molecule has 0 radical (unpaired) electrons. The molecule has 0 saturated carbocycles. The summed E-state index contributed by atoms with van der Waals surface area (Å²) in [6.07, 6.45) is 1.31. The van der Waals surface area contributed by atoms with Gasteiger partial charge in [-0.25, -0.2) is 4.72 Å². The first-order valence-corrected chi connectivity index (χ1v) is 4.53. The molecule has 0 spiro atoms. The fraction of sp³-hybridized carbons (Fsp3) is 0.250. The van der Waals surface area contributed by atoms with Crippen molar-refractivity contribution in [3.05, 3.63) is 6.20 Å². The molecule has 0 aromatic carbocycles. The number of nitrogen functional groups attached to an aromatic ring is 1. The number of aromatic nitrogens is 2. The van der Waals surface area contributed by atoms with Crippen LogP contribution >= 0.6 is 0 Å². The Morgan fingerprint density at radius 3 is 2.75 bits per heavy atom. The number of nitrogens with one attached hydrogen (secondary N) is 3. The van der Waals surface area contributed by atoms with E-state index in [-0.39, 0.29) is 11.5 Å². The third kappa shape index (κ3) is 1.86. The van der Waals surface area contributed by atoms with Crippen molar-refractivity contribution in [3.8, 4) is 0 Å². The molecule has 0 atom stereocenters. The Balaban J connectivity index is 2.84. The van der Waals surface area contributed by atoms with Gasteiger partial charge in [0.2, 0.25) is 0 Å². The normalized spacial score (nSPS) is 11.4. The lowest BCUT2D eigenvalue weighted by Crippen LogP contribution is -2.26. The summed E-state index contributed by atoms with van der Waals surface area (Å²) >= 11 is 0. The van der Waals surface area contributed by atoms with E-state index in [1.807, 2.05) is 0 Å². The summed E-state index contributed by atoms with van der Waals surface area (Å²) in [5.41, 5.74) is 5.60. The SMILES string of the molecule is CNS(=O)(=O)Nc1[nH]ncc1N. The van der Waals surface area contributed by atoms with E-state index in [1.165, 1.54) is 13.2 Å². The van der Waals surface area contributed by atoms with Crippen molar-refractivity contribution in [2.75, 3.05) is 17.5 Å². The Bertz CT molecular complexity index is 355. The van der Waals surface area contributed by atoms with Crippen LogP contribution in [0.2, 0.25) is 0 Å². The van der Waals surface area contributed by atoms with Gasteiger partial charge in [-0.2, -0.15) is 13.5 Å². The minimum absolute atomic E-state index is 0.157. The Labute approximate surface area is 69.5 Å². The number of hydrogen-bond donors (Lipinski definition) is 4. The third-order valence-electron chi connectivity index (χ3n) is 1.17. The van der Waals surface area contributed by atoms with Crippen LogP contribution in [0.1, 0.15) is 0 Å². The summed E-state index contributed by atoms with van der Waals surface area (Å²) in [6.45, 7) is 0. The summed E-state index contributed by atoms with van der Waals surface area (Å²) in [5, 5.41) is 5.93. The van der Waals surface area contributed by atoms with Gasteiger partial charge in [0.05, 0.1) is 11.9 Å². The van der Waals surface area contributed by atoms with E-state index < -0.39 is 10.2 Å². The average Bonchev–Trinajstić information content (AvgIpc) is 2.36. The largest absolute Gasteiger partial charge is 0.394 e. The molecule has 0 aliphatic carbocycles. The molecule has 0 saturated heterocycles. The summed E-state index contributed by atoms with van der Waals surface area (Å²) < 4.78 is 26.0. The van der Waals surface area contributed by atoms with Crippen LogP contribution in [0, 0.1) is 0 Å². The lowest BCUT2D eigenvalue weighted by atomic mass is 10.6. The molecular weight excluding hydrogens is 182 g/mol. The maximum Gasteiger partial charge on any atom is 0.300 e. The van der Waals surface area contributed by atoms with Gasteiger partial charge in [0.25, 0.3) is 10.2 Å². The second-order valence-corrected chi connectivity index (χ2v) is 3.63. The van der Waals surface area contributed by atoms with Crippen LogP contribution in [0.25, 0.3) is 0 Å². The van der Waals surface area contributed by atoms with Crippen molar-refractivity contribution in [2.24, 2.45) is 0 Å². The zero-order chi connectivity index (χ0) is 9.19. The molecule has 1 rings (SSSR count). The molecule has 0 aliphatic rings. The summed E-state index contributed by atoms with van der Waals surface area (Å²) in [6, 6.07) is 0. The van der Waals surface area contributed by atoms with E-state index in [9.17, 15) is 8.42 Å². The van der Waals surface area contributed by atoms with Gasteiger partial charge in [-0.3, -0.25) is 9.82 Å². The molecule has 8 heteroatoms. The van der Waals surface area contributed by atoms with Gasteiger partial charge < -0.3 is 5.73 Å². The van der Waals surface area contributed by atoms with Gasteiger partial charge >= 0.3 is 0 Å². The van der Waals surface area contributed by atoms with E-state index in [0.717, 1.165) is 0 Å². The lowest BCUT2D eigenvalue weighted by Gasteiger charge is -2.03. The van der Waals surface area contributed by atoms with Crippen molar-refractivity contribution in [1.29, 1.82) is 0 Å². The molecule has 68 valence electrons. The predicted octanol–water partition coefficient (Wildman–Crippen LogP) is -1.13. The maximum absolute atomic E-state index is 10.9. The van der Waals surface area contributed by atoms with Crippen LogP contribution in [0.15, 0.2) is 6.20 Å². The summed E-state index contributed by atoms with van der Waals surface area (Å²) in [5.74, 6) is 0.157. The standard InChI is InChI=1S/C4H9N5O2S/c1-6-12(10,11)9-4-3(5)2-7-8-4/h2,6H,5H2,1H3,(H2,7,8,9). The number of nitrogens with two attached hydrogens (primary N) is 1. The van der Waals surface area contributed by atoms with Crippen molar-refractivity contribution in [3.63, 3.8) is 0 Å². The molecule has 0 fully saturated rings. The van der Waals surface area contributed by atoms with E-state index in [4.69, 9.17) is 5.73 Å². The summed E-state index contributed by atoms with van der Waals surface area (Å²) in [4.78, 5) is 0. The van der Waals surface area contributed by atoms with Crippen LogP contribution in [0.4, 0.5) is 11.5 Å². The fourth-order valence-corrected chi connectivity index (χ4v) is 1.10. The number of anilines is 2. The minimum Gasteiger partial charge on any atom is -0.394 e. The molecule has 7 nitrogen and oxygen atoms in total. The van der Waals surface area contributed by atoms with Crippen molar-refractivity contribution < 1.29 is 8.42 Å². The number of aromatic amines is 1. The molecule has 1 aromatic heterocycles. The Hall–Kier alpha value is -1.28. The van der Waals surface area contributed by atoms with E-state index in [2.05, 4.69) is 19.6 Å². The highest BCUT2D eigenvalue weighted by atomic mass is 32.2. The quantitative estimate of drug-likeness (QED) is 0.484. The van der Waals surface area contributed by atoms with Crippen LogP contribution in [0.5, 0.6) is 0 Å². The van der Waals surface area contributed by atoms with Crippen molar-refractivity contribution >= 4 is 21.7 Å². The molecule has 5 N–H and O–H groups in total. The Morgan fingerprint density at radius 2 is 2.33 bits per heavy atom. The molecule has 0 unspecified atom stereocenters. The first-order chi connectivity index (χ1) is 5.55. The Morgan fingerprint density at radius 1 is 1.67 bits per heavy atom. The smallest absolute Gasteiger partial charge is 0.300 e. The predicted molar refractivity (Wildman–Crippen MR) is 44.6 cm³/mol. The van der Waals surface area contributed by atoms with Crippen molar-refractivity contribution in [1.82, 2.24) is 14.9 Å². The van der Waals surface area contributed by atoms with Gasteiger partial charge in [0.15, 0.2) is 5.82 Å². The van der Waals surface area contributed by atoms with Crippen LogP contribution < -0.4 is 15.2 Å². The Kier molecular flexibility index (Phi) is 2.20. The van der Waals surface area contributed by atoms with Crippen LogP contribution in [0.3, 0.4) is 0 Å². The average molecular weight is 191 g/mol. The third-order valence-corrected chi connectivity index (χ3v) is 2.18. The van der Waals surface area contributed by atoms with Crippen LogP contribution in [-0.4, -0.2) is 25.7 Å². The van der Waals surface area contributed by atoms with Gasteiger partial charge in [-0.15, -0.1) is 0 Å². The number of H-pyrrole nitrogens is 1. The van der Waals surface area contributed by atoms with Gasteiger partial charge in [-0.05, 0) is 0 Å². The molecule has 0 bridgehead atoms. The maximum atomic E-state index is 10.9. The molecule has 12 heavy (non-hydrogen) atoms. The monoisotopic (exact) mass is 191 g/mol. The minimum atomic E-state index is -3.52. The first-order valence-electron chi connectivity index (χ1n) is 3.05. The zero-order valence-corrected chi connectivity index (χ0v) is 7.14. The van der Waals surface area contributed by atoms with Crippen LogP contribution in [-0.2, 0) is 10.2 Å². The zero-order valence-electron chi connectivity index (χ0n) is 6.33. The highest BCUT2D eigenvalue weighted by molar-refractivity contribution is 7.90. The second-order valence-electron chi connectivity index (χ2n) is 2.01. The van der Waals surface area contributed by atoms with Gasteiger partial charge in [0, 0.05) is 7.05 Å². The highest BCUT2D eigenvalue weighted by Crippen LogP contribution is 2.12. The van der Waals surface area contributed by atoms with E-state index >= 15 is 0 Å². The highest BCUT2D eigenvalue weighted by Gasteiger charge is 2.09. The molecule has 1 heterocycles. The molecule has 1 aromatic rings. The first kappa shape index (κ1) is 8.81.